The summed E-state index contributed by atoms with van der Waals surface area (Å²) in [5, 5.41) is 0. The van der Waals surface area contributed by atoms with Gasteiger partial charge in [-0.3, -0.25) is 9.59 Å². The average Bonchev–Trinajstić information content (AvgIpc) is 3.17. The largest absolute Gasteiger partial charge is 0.357 e. The summed E-state index contributed by atoms with van der Waals surface area (Å²) in [5.41, 5.74) is 0.648. The van der Waals surface area contributed by atoms with Crippen molar-refractivity contribution in [3.63, 3.8) is 0 Å². The van der Waals surface area contributed by atoms with Crippen LogP contribution in [0.25, 0.3) is 0 Å². The molecule has 4 rings (SSSR count). The van der Waals surface area contributed by atoms with Crippen molar-refractivity contribution in [2.45, 2.75) is 64.2 Å². The molecule has 1 saturated carbocycles. The molecule has 2 saturated heterocycles. The van der Waals surface area contributed by atoms with Gasteiger partial charge in [0.1, 0.15) is 5.82 Å². The SMILES string of the molecule is O=C(CCC1CCCC1)N1CCN(C(=O)c2ccc(N3CCCCCC3)nc2)CC1. The van der Waals surface area contributed by atoms with Crippen LogP contribution >= 0.6 is 0 Å². The Kier molecular flexibility index (Phi) is 7.24. The first-order valence-electron chi connectivity index (χ1n) is 12.0. The van der Waals surface area contributed by atoms with E-state index in [1.54, 1.807) is 6.20 Å². The Labute approximate surface area is 180 Å². The second-order valence-corrected chi connectivity index (χ2v) is 9.17. The summed E-state index contributed by atoms with van der Waals surface area (Å²) in [4.78, 5) is 36.1. The molecule has 3 heterocycles. The summed E-state index contributed by atoms with van der Waals surface area (Å²) in [7, 11) is 0. The normalized spacial score (nSPS) is 21.0. The zero-order valence-electron chi connectivity index (χ0n) is 18.2. The number of nitrogens with zero attached hydrogens (tertiary/aromatic N) is 4. The number of carbonyl (C=O) groups excluding carboxylic acids is 2. The Bertz CT molecular complexity index is 698. The molecule has 30 heavy (non-hydrogen) atoms. The van der Waals surface area contributed by atoms with E-state index in [1.165, 1.54) is 51.4 Å². The molecule has 0 bridgehead atoms. The van der Waals surface area contributed by atoms with Crippen molar-refractivity contribution in [2.24, 2.45) is 5.92 Å². The molecule has 0 aromatic carbocycles. The molecule has 3 aliphatic rings. The maximum absolute atomic E-state index is 12.9. The van der Waals surface area contributed by atoms with Crippen molar-refractivity contribution >= 4 is 17.6 Å². The molecule has 6 nitrogen and oxygen atoms in total. The first-order valence-corrected chi connectivity index (χ1v) is 12.0. The van der Waals surface area contributed by atoms with Crippen molar-refractivity contribution in [1.82, 2.24) is 14.8 Å². The quantitative estimate of drug-likeness (QED) is 0.740. The van der Waals surface area contributed by atoms with Gasteiger partial charge in [-0.25, -0.2) is 4.98 Å². The Morgan fingerprint density at radius 3 is 2.13 bits per heavy atom. The van der Waals surface area contributed by atoms with Crippen molar-refractivity contribution < 1.29 is 9.59 Å². The fourth-order valence-corrected chi connectivity index (χ4v) is 5.13. The summed E-state index contributed by atoms with van der Waals surface area (Å²) in [6.45, 7) is 4.63. The van der Waals surface area contributed by atoms with Crippen LogP contribution < -0.4 is 4.90 Å². The molecule has 0 spiro atoms. The predicted octanol–water partition coefficient (Wildman–Crippen LogP) is 3.72. The van der Waals surface area contributed by atoms with Crippen LogP contribution in [0, 0.1) is 5.92 Å². The van der Waals surface area contributed by atoms with Gasteiger partial charge in [0.25, 0.3) is 5.91 Å². The van der Waals surface area contributed by atoms with E-state index in [9.17, 15) is 9.59 Å². The number of carbonyl (C=O) groups is 2. The van der Waals surface area contributed by atoms with Crippen LogP contribution in [0.15, 0.2) is 18.3 Å². The third-order valence-corrected chi connectivity index (χ3v) is 7.09. The number of pyridine rings is 1. The van der Waals surface area contributed by atoms with E-state index in [0.29, 0.717) is 38.2 Å². The molecular formula is C24H36N4O2. The number of piperazine rings is 1. The summed E-state index contributed by atoms with van der Waals surface area (Å²) in [6, 6.07) is 3.90. The smallest absolute Gasteiger partial charge is 0.255 e. The Morgan fingerprint density at radius 2 is 1.50 bits per heavy atom. The fourth-order valence-electron chi connectivity index (χ4n) is 5.13. The van der Waals surface area contributed by atoms with E-state index in [4.69, 9.17) is 0 Å². The molecule has 2 aliphatic heterocycles. The van der Waals surface area contributed by atoms with Gasteiger partial charge in [0.15, 0.2) is 0 Å². The lowest BCUT2D eigenvalue weighted by Crippen LogP contribution is -2.50. The molecule has 164 valence electrons. The summed E-state index contributed by atoms with van der Waals surface area (Å²) in [6.07, 6.45) is 13.7. The number of rotatable bonds is 5. The standard InChI is InChI=1S/C24H36N4O2/c29-23(12-9-20-7-3-4-8-20)27-15-17-28(18-16-27)24(30)21-10-11-22(25-19-21)26-13-5-1-2-6-14-26/h10-11,19-20H,1-9,12-18H2. The molecule has 1 aromatic heterocycles. The monoisotopic (exact) mass is 412 g/mol. The highest BCUT2D eigenvalue weighted by molar-refractivity contribution is 5.94. The highest BCUT2D eigenvalue weighted by Crippen LogP contribution is 2.28. The van der Waals surface area contributed by atoms with E-state index in [1.807, 2.05) is 21.9 Å². The summed E-state index contributed by atoms with van der Waals surface area (Å²) in [5.74, 6) is 2.02. The van der Waals surface area contributed by atoms with E-state index >= 15 is 0 Å². The van der Waals surface area contributed by atoms with Crippen molar-refractivity contribution in [2.75, 3.05) is 44.2 Å². The lowest BCUT2D eigenvalue weighted by molar-refractivity contribution is -0.133. The Hall–Kier alpha value is -2.11. The minimum Gasteiger partial charge on any atom is -0.357 e. The minimum absolute atomic E-state index is 0.0305. The number of hydrogen-bond acceptors (Lipinski definition) is 4. The van der Waals surface area contributed by atoms with E-state index in [2.05, 4.69) is 9.88 Å². The number of aromatic nitrogens is 1. The molecule has 0 radical (unpaired) electrons. The van der Waals surface area contributed by atoms with Crippen molar-refractivity contribution in [1.29, 1.82) is 0 Å². The van der Waals surface area contributed by atoms with Gasteiger partial charge in [0.05, 0.1) is 5.56 Å². The zero-order valence-corrected chi connectivity index (χ0v) is 18.2. The van der Waals surface area contributed by atoms with Gasteiger partial charge >= 0.3 is 0 Å². The van der Waals surface area contributed by atoms with E-state index < -0.39 is 0 Å². The summed E-state index contributed by atoms with van der Waals surface area (Å²) < 4.78 is 0. The average molecular weight is 413 g/mol. The molecule has 6 heteroatoms. The second kappa shape index (κ2) is 10.3. The summed E-state index contributed by atoms with van der Waals surface area (Å²) >= 11 is 0. The van der Waals surface area contributed by atoms with Crippen LogP contribution in [0.1, 0.15) is 74.6 Å². The topological polar surface area (TPSA) is 56.8 Å². The van der Waals surface area contributed by atoms with E-state index in [0.717, 1.165) is 31.2 Å². The Morgan fingerprint density at radius 1 is 0.833 bits per heavy atom. The van der Waals surface area contributed by atoms with Gasteiger partial charge in [0.2, 0.25) is 5.91 Å². The molecule has 2 amide bonds. The second-order valence-electron chi connectivity index (χ2n) is 9.17. The predicted molar refractivity (Wildman–Crippen MR) is 119 cm³/mol. The van der Waals surface area contributed by atoms with Crippen LogP contribution in [-0.2, 0) is 4.79 Å². The maximum Gasteiger partial charge on any atom is 0.255 e. The lowest BCUT2D eigenvalue weighted by Gasteiger charge is -2.35. The van der Waals surface area contributed by atoms with Gasteiger partial charge < -0.3 is 14.7 Å². The molecular weight excluding hydrogens is 376 g/mol. The first-order chi connectivity index (χ1) is 14.7. The molecule has 0 unspecified atom stereocenters. The molecule has 0 atom stereocenters. The van der Waals surface area contributed by atoms with E-state index in [-0.39, 0.29) is 11.8 Å². The molecule has 3 fully saturated rings. The van der Waals surface area contributed by atoms with Gasteiger partial charge in [0, 0.05) is 51.9 Å². The van der Waals surface area contributed by atoms with Crippen LogP contribution in [0.3, 0.4) is 0 Å². The zero-order chi connectivity index (χ0) is 20.8. The van der Waals surface area contributed by atoms with Crippen LogP contribution in [0.5, 0.6) is 0 Å². The number of anilines is 1. The van der Waals surface area contributed by atoms with Gasteiger partial charge in [-0.15, -0.1) is 0 Å². The van der Waals surface area contributed by atoms with Gasteiger partial charge in [-0.1, -0.05) is 38.5 Å². The first kappa shape index (κ1) is 21.1. The molecule has 1 aromatic rings. The fraction of sp³-hybridized carbons (Fsp3) is 0.708. The van der Waals surface area contributed by atoms with Gasteiger partial charge in [-0.2, -0.15) is 0 Å². The van der Waals surface area contributed by atoms with Gasteiger partial charge in [-0.05, 0) is 37.3 Å². The Balaban J connectivity index is 1.25. The maximum atomic E-state index is 12.9. The van der Waals surface area contributed by atoms with Crippen LogP contribution in [0.4, 0.5) is 5.82 Å². The minimum atomic E-state index is 0.0305. The lowest BCUT2D eigenvalue weighted by atomic mass is 10.0. The molecule has 1 aliphatic carbocycles. The third-order valence-electron chi connectivity index (χ3n) is 7.09. The number of hydrogen-bond donors (Lipinski definition) is 0. The molecule has 0 N–H and O–H groups in total. The highest BCUT2D eigenvalue weighted by atomic mass is 16.2. The van der Waals surface area contributed by atoms with Crippen molar-refractivity contribution in [3.05, 3.63) is 23.9 Å². The highest BCUT2D eigenvalue weighted by Gasteiger charge is 2.26. The third kappa shape index (κ3) is 5.32. The van der Waals surface area contributed by atoms with Crippen LogP contribution in [0.2, 0.25) is 0 Å². The number of amides is 2. The van der Waals surface area contributed by atoms with Crippen molar-refractivity contribution in [3.8, 4) is 0 Å². The van der Waals surface area contributed by atoms with Crippen LogP contribution in [-0.4, -0.2) is 65.9 Å².